The number of carbonyl (C=O) groups excluding carboxylic acids is 1. The Morgan fingerprint density at radius 3 is 2.81 bits per heavy atom. The average Bonchev–Trinajstić information content (AvgIpc) is 3.05. The molecule has 2 N–H and O–H groups in total. The number of aromatic amines is 2. The van der Waals surface area contributed by atoms with Gasteiger partial charge in [0.25, 0.3) is 5.56 Å². The third-order valence-electron chi connectivity index (χ3n) is 4.34. The molecular weight excluding hydrogens is 350 g/mol. The zero-order valence-electron chi connectivity index (χ0n) is 15.4. The van der Waals surface area contributed by atoms with E-state index in [1.165, 1.54) is 15.7 Å². The number of nitrogens with zero attached hydrogens (tertiary/aromatic N) is 3. The van der Waals surface area contributed by atoms with Crippen molar-refractivity contribution in [2.75, 3.05) is 20.7 Å². The number of H-pyrrole nitrogens is 2. The highest BCUT2D eigenvalue weighted by atomic mass is 16.5. The number of fused-ring (bicyclic) bond motifs is 1. The van der Waals surface area contributed by atoms with E-state index in [4.69, 9.17) is 4.74 Å². The number of hydrogen-bond acceptors (Lipinski definition) is 5. The number of imidazole rings is 1. The Morgan fingerprint density at radius 1 is 1.30 bits per heavy atom. The molecule has 0 radical (unpaired) electrons. The van der Waals surface area contributed by atoms with E-state index >= 15 is 0 Å². The molecule has 3 rings (SSSR count). The molecule has 0 spiro atoms. The summed E-state index contributed by atoms with van der Waals surface area (Å²) in [5.74, 6) is 1.27. The molecule has 27 heavy (non-hydrogen) atoms. The van der Waals surface area contributed by atoms with Crippen molar-refractivity contribution in [3.05, 3.63) is 56.6 Å². The zero-order valence-corrected chi connectivity index (χ0v) is 15.4. The number of aromatic nitrogens is 4. The summed E-state index contributed by atoms with van der Waals surface area (Å²) in [5.41, 5.74) is 1.03. The van der Waals surface area contributed by atoms with Crippen molar-refractivity contribution in [3.8, 4) is 5.75 Å². The van der Waals surface area contributed by atoms with Gasteiger partial charge in [0.2, 0.25) is 5.91 Å². The lowest BCUT2D eigenvalue weighted by atomic mass is 10.3. The number of amides is 1. The highest BCUT2D eigenvalue weighted by Gasteiger charge is 2.13. The average molecular weight is 371 g/mol. The van der Waals surface area contributed by atoms with Crippen molar-refractivity contribution in [1.82, 2.24) is 24.4 Å². The third-order valence-corrected chi connectivity index (χ3v) is 4.34. The number of likely N-dealkylation sites (N-methyl/N-ethyl adjacent to an activating group) is 1. The van der Waals surface area contributed by atoms with Gasteiger partial charge in [0.15, 0.2) is 0 Å². The van der Waals surface area contributed by atoms with Crippen molar-refractivity contribution in [3.63, 3.8) is 0 Å². The molecule has 3 aromatic rings. The molecule has 0 aliphatic rings. The summed E-state index contributed by atoms with van der Waals surface area (Å²) in [6.07, 6.45) is 1.93. The summed E-state index contributed by atoms with van der Waals surface area (Å²) >= 11 is 0. The van der Waals surface area contributed by atoms with Gasteiger partial charge in [0.1, 0.15) is 18.1 Å². The van der Waals surface area contributed by atoms with Crippen molar-refractivity contribution in [2.45, 2.75) is 19.9 Å². The lowest BCUT2D eigenvalue weighted by Gasteiger charge is -2.17. The molecule has 0 aliphatic carbocycles. The van der Waals surface area contributed by atoms with Gasteiger partial charge in [0, 0.05) is 37.8 Å². The van der Waals surface area contributed by atoms with Gasteiger partial charge in [-0.3, -0.25) is 19.1 Å². The van der Waals surface area contributed by atoms with E-state index in [0.717, 1.165) is 22.6 Å². The van der Waals surface area contributed by atoms with Gasteiger partial charge >= 0.3 is 5.69 Å². The van der Waals surface area contributed by atoms with Crippen LogP contribution in [0.1, 0.15) is 11.4 Å². The maximum Gasteiger partial charge on any atom is 0.328 e. The van der Waals surface area contributed by atoms with Crippen LogP contribution in [0, 0.1) is 6.92 Å². The van der Waals surface area contributed by atoms with Crippen LogP contribution >= 0.6 is 0 Å². The molecule has 0 saturated carbocycles. The van der Waals surface area contributed by atoms with Crippen LogP contribution < -0.4 is 16.0 Å². The normalized spacial score (nSPS) is 10.9. The van der Waals surface area contributed by atoms with Crippen molar-refractivity contribution in [1.29, 1.82) is 0 Å². The molecule has 1 amide bonds. The molecule has 0 atom stereocenters. The van der Waals surface area contributed by atoms with E-state index in [9.17, 15) is 14.4 Å². The Bertz CT molecular complexity index is 1100. The van der Waals surface area contributed by atoms with Crippen LogP contribution in [0.25, 0.3) is 11.0 Å². The minimum absolute atomic E-state index is 0.135. The van der Waals surface area contributed by atoms with Crippen LogP contribution in [-0.4, -0.2) is 51.0 Å². The monoisotopic (exact) mass is 371 g/mol. The number of benzene rings is 1. The van der Waals surface area contributed by atoms with Crippen LogP contribution in [0.2, 0.25) is 0 Å². The fourth-order valence-corrected chi connectivity index (χ4v) is 2.69. The fourth-order valence-electron chi connectivity index (χ4n) is 2.69. The molecule has 0 aliphatic heterocycles. The molecular formula is C18H21N5O4. The first-order chi connectivity index (χ1) is 12.9. The Labute approximate surface area is 154 Å². The topological polar surface area (TPSA) is 113 Å². The first-order valence-corrected chi connectivity index (χ1v) is 8.44. The number of aryl methyl sites for hydroxylation is 1. The Morgan fingerprint density at radius 2 is 2.07 bits per heavy atom. The minimum atomic E-state index is -0.599. The van der Waals surface area contributed by atoms with E-state index in [1.54, 1.807) is 21.1 Å². The van der Waals surface area contributed by atoms with Crippen molar-refractivity contribution in [2.24, 2.45) is 0 Å². The van der Waals surface area contributed by atoms with E-state index in [2.05, 4.69) is 15.0 Å². The number of hydrogen-bond donors (Lipinski definition) is 2. The first-order valence-electron chi connectivity index (χ1n) is 8.44. The molecule has 1 aromatic carbocycles. The maximum absolute atomic E-state index is 12.4. The van der Waals surface area contributed by atoms with Crippen LogP contribution in [-0.2, 0) is 17.8 Å². The zero-order chi connectivity index (χ0) is 19.6. The van der Waals surface area contributed by atoms with Crippen LogP contribution in [0.4, 0.5) is 0 Å². The van der Waals surface area contributed by atoms with Crippen LogP contribution in [0.15, 0.2) is 34.0 Å². The molecule has 2 heterocycles. The number of ether oxygens (including phenoxy) is 1. The SMILES string of the molecule is COc1ccc2nc(CCN(C)C(=O)Cn3cc(C)c(=O)[nH]c3=O)[nH]c2c1. The predicted molar refractivity (Wildman–Crippen MR) is 100 cm³/mol. The number of nitrogens with one attached hydrogen (secondary N) is 2. The number of methoxy groups -OCH3 is 1. The van der Waals surface area contributed by atoms with Gasteiger partial charge in [-0.2, -0.15) is 0 Å². The lowest BCUT2D eigenvalue weighted by Crippen LogP contribution is -2.38. The molecule has 0 unspecified atom stereocenters. The second-order valence-corrected chi connectivity index (χ2v) is 6.33. The quantitative estimate of drug-likeness (QED) is 0.652. The molecule has 9 heteroatoms. The van der Waals surface area contributed by atoms with Crippen molar-refractivity contribution >= 4 is 16.9 Å². The number of carbonyl (C=O) groups is 1. The Kier molecular flexibility index (Phi) is 5.11. The highest BCUT2D eigenvalue weighted by Crippen LogP contribution is 2.18. The highest BCUT2D eigenvalue weighted by molar-refractivity contribution is 5.77. The molecule has 2 aromatic heterocycles. The van der Waals surface area contributed by atoms with E-state index in [-0.39, 0.29) is 12.5 Å². The van der Waals surface area contributed by atoms with Crippen LogP contribution in [0.5, 0.6) is 5.75 Å². The van der Waals surface area contributed by atoms with Gasteiger partial charge in [-0.15, -0.1) is 0 Å². The summed E-state index contributed by atoms with van der Waals surface area (Å²) in [6, 6.07) is 5.58. The standard InChI is InChI=1S/C18H21N5O4/c1-11-9-23(18(26)21-17(11)25)10-16(24)22(2)7-6-15-19-13-5-4-12(27-3)8-14(13)20-15/h4-5,8-9H,6-7,10H2,1-3H3,(H,19,20)(H,21,25,26). The summed E-state index contributed by atoms with van der Waals surface area (Å²) < 4.78 is 6.39. The first kappa shape index (κ1) is 18.4. The summed E-state index contributed by atoms with van der Waals surface area (Å²) in [5, 5.41) is 0. The Balaban J connectivity index is 1.64. The number of rotatable bonds is 6. The summed E-state index contributed by atoms with van der Waals surface area (Å²) in [4.78, 5) is 47.0. The fraction of sp³-hybridized carbons (Fsp3) is 0.333. The molecule has 0 saturated heterocycles. The van der Waals surface area contributed by atoms with Crippen molar-refractivity contribution < 1.29 is 9.53 Å². The van der Waals surface area contributed by atoms with Crippen LogP contribution in [0.3, 0.4) is 0 Å². The third kappa shape index (κ3) is 4.08. The summed E-state index contributed by atoms with van der Waals surface area (Å²) in [6.45, 7) is 1.89. The second-order valence-electron chi connectivity index (χ2n) is 6.33. The second kappa shape index (κ2) is 7.48. The smallest absolute Gasteiger partial charge is 0.328 e. The largest absolute Gasteiger partial charge is 0.497 e. The maximum atomic E-state index is 12.4. The molecule has 9 nitrogen and oxygen atoms in total. The van der Waals surface area contributed by atoms with Gasteiger partial charge in [-0.25, -0.2) is 9.78 Å². The van der Waals surface area contributed by atoms with Gasteiger partial charge < -0.3 is 14.6 Å². The van der Waals surface area contributed by atoms with Gasteiger partial charge in [-0.1, -0.05) is 0 Å². The minimum Gasteiger partial charge on any atom is -0.497 e. The predicted octanol–water partition coefficient (Wildman–Crippen LogP) is 0.431. The lowest BCUT2D eigenvalue weighted by molar-refractivity contribution is -0.130. The molecule has 0 fully saturated rings. The van der Waals surface area contributed by atoms with E-state index in [1.807, 2.05) is 18.2 Å². The molecule has 142 valence electrons. The van der Waals surface area contributed by atoms with Gasteiger partial charge in [-0.05, 0) is 19.1 Å². The summed E-state index contributed by atoms with van der Waals surface area (Å²) in [7, 11) is 3.27. The van der Waals surface area contributed by atoms with Gasteiger partial charge in [0.05, 0.1) is 18.1 Å². The molecule has 0 bridgehead atoms. The van der Waals surface area contributed by atoms with E-state index in [0.29, 0.717) is 18.5 Å². The van der Waals surface area contributed by atoms with E-state index < -0.39 is 11.2 Å². The Hall–Kier alpha value is -3.36.